The first-order chi connectivity index (χ1) is 4.66. The van der Waals surface area contributed by atoms with Crippen LogP contribution in [0, 0.1) is 0 Å². The zero-order valence-corrected chi connectivity index (χ0v) is 8.09. The minimum atomic E-state index is -1.02. The summed E-state index contributed by atoms with van der Waals surface area (Å²) in [7, 11) is 0. The molecule has 0 aliphatic carbocycles. The van der Waals surface area contributed by atoms with Gasteiger partial charge in [0, 0.05) is 0 Å². The molecule has 0 amide bonds. The van der Waals surface area contributed by atoms with E-state index in [1.165, 1.54) is 0 Å². The van der Waals surface area contributed by atoms with Crippen molar-refractivity contribution in [1.82, 2.24) is 0 Å². The molecule has 1 N–H and O–H groups in total. The molecule has 0 rings (SSSR count). The van der Waals surface area contributed by atoms with Crippen LogP contribution in [0.4, 0.5) is 0 Å². The average Bonchev–Trinajstić information content (AvgIpc) is 1.82. The standard InChI is InChI=1S/C6H9O3.Na/c1-2-3-5(7)4-6(8)9;/h1-4H2,(H,8,9);. The second-order valence-corrected chi connectivity index (χ2v) is 3.21. The third kappa shape index (κ3) is 6.26. The van der Waals surface area contributed by atoms with Crippen LogP contribution in [0.15, 0.2) is 0 Å². The van der Waals surface area contributed by atoms with E-state index < -0.39 is 5.97 Å². The molecule has 0 aliphatic heterocycles. The van der Waals surface area contributed by atoms with Crippen molar-refractivity contribution in [3.05, 3.63) is 0 Å². The molecule has 0 aromatic rings. The first-order valence-corrected chi connectivity index (χ1v) is 4.81. The van der Waals surface area contributed by atoms with Crippen LogP contribution in [-0.2, 0) is 9.59 Å². The van der Waals surface area contributed by atoms with Crippen molar-refractivity contribution < 1.29 is 14.7 Å². The Balaban J connectivity index is 3.35. The van der Waals surface area contributed by atoms with Crippen molar-refractivity contribution >= 4 is 39.7 Å². The van der Waals surface area contributed by atoms with Crippen molar-refractivity contribution in [2.24, 2.45) is 0 Å². The van der Waals surface area contributed by atoms with E-state index in [2.05, 4.69) is 0 Å². The Hall–Kier alpha value is 0.140. The third-order valence-corrected chi connectivity index (χ3v) is 1.86. The van der Waals surface area contributed by atoms with E-state index in [-0.39, 0.29) is 12.2 Å². The summed E-state index contributed by atoms with van der Waals surface area (Å²) < 4.78 is 1.07. The van der Waals surface area contributed by atoms with Gasteiger partial charge >= 0.3 is 77.3 Å². The number of aliphatic carboxylic acids is 1. The molecule has 0 radical (unpaired) electrons. The van der Waals surface area contributed by atoms with Crippen molar-refractivity contribution in [2.75, 3.05) is 0 Å². The fraction of sp³-hybridized carbons (Fsp3) is 0.667. The van der Waals surface area contributed by atoms with Gasteiger partial charge in [0.1, 0.15) is 0 Å². The molecule has 0 saturated heterocycles. The van der Waals surface area contributed by atoms with Gasteiger partial charge in [-0.25, -0.2) is 0 Å². The van der Waals surface area contributed by atoms with E-state index in [9.17, 15) is 9.59 Å². The van der Waals surface area contributed by atoms with Crippen molar-refractivity contribution in [3.63, 3.8) is 0 Å². The molecule has 0 spiro atoms. The summed E-state index contributed by atoms with van der Waals surface area (Å²) in [6, 6.07) is 0. The molecule has 0 atom stereocenters. The van der Waals surface area contributed by atoms with Crippen LogP contribution in [0.25, 0.3) is 0 Å². The molecular weight excluding hydrogens is 143 g/mol. The molecule has 0 bridgehead atoms. The number of carboxylic acid groups (broad SMARTS) is 1. The molecule has 52 valence electrons. The monoisotopic (exact) mass is 152 g/mol. The number of rotatable bonds is 5. The molecular formula is C6H9NaO3. The quantitative estimate of drug-likeness (QED) is 0.458. The van der Waals surface area contributed by atoms with Gasteiger partial charge in [-0.15, -0.1) is 0 Å². The molecule has 0 aromatic heterocycles. The molecule has 10 heavy (non-hydrogen) atoms. The molecule has 0 heterocycles. The van der Waals surface area contributed by atoms with Gasteiger partial charge < -0.3 is 0 Å². The number of ketones is 1. The van der Waals surface area contributed by atoms with Crippen LogP contribution in [0.5, 0.6) is 0 Å². The van der Waals surface area contributed by atoms with Crippen LogP contribution in [0.1, 0.15) is 19.3 Å². The van der Waals surface area contributed by atoms with Crippen molar-refractivity contribution in [3.8, 4) is 0 Å². The summed E-state index contributed by atoms with van der Waals surface area (Å²) in [4.78, 5) is 20.6. The number of hydrogen-bond donors (Lipinski definition) is 1. The van der Waals surface area contributed by atoms with E-state index in [1.54, 1.807) is 0 Å². The predicted octanol–water partition coefficient (Wildman–Crippen LogP) is 0.397. The first kappa shape index (κ1) is 10.1. The summed E-state index contributed by atoms with van der Waals surface area (Å²) in [6.45, 7) is 0. The van der Waals surface area contributed by atoms with Crippen LogP contribution in [0.2, 0.25) is 3.67 Å². The van der Waals surface area contributed by atoms with Gasteiger partial charge in [0.2, 0.25) is 0 Å². The summed E-state index contributed by atoms with van der Waals surface area (Å²) in [5.74, 6) is -1.17. The second-order valence-electron chi connectivity index (χ2n) is 2.21. The van der Waals surface area contributed by atoms with Gasteiger partial charge in [0.15, 0.2) is 0 Å². The van der Waals surface area contributed by atoms with Crippen LogP contribution < -0.4 is 0 Å². The van der Waals surface area contributed by atoms with Crippen LogP contribution >= 0.6 is 0 Å². The maximum atomic E-state index is 10.6. The van der Waals surface area contributed by atoms with E-state index in [1.807, 2.05) is 0 Å². The van der Waals surface area contributed by atoms with Gasteiger partial charge in [-0.3, -0.25) is 0 Å². The molecule has 3 nitrogen and oxygen atoms in total. The van der Waals surface area contributed by atoms with Gasteiger partial charge in [-0.1, -0.05) is 0 Å². The number of carbonyl (C=O) groups excluding carboxylic acids is 1. The van der Waals surface area contributed by atoms with Gasteiger partial charge in [-0.05, 0) is 0 Å². The number of carbonyl (C=O) groups is 2. The summed E-state index contributed by atoms with van der Waals surface area (Å²) in [5.41, 5.74) is 0. The fourth-order valence-corrected chi connectivity index (χ4v) is 0.985. The normalized spacial score (nSPS) is 9.40. The summed E-state index contributed by atoms with van der Waals surface area (Å²) >= 11 is 1.09. The molecule has 0 aliphatic rings. The van der Waals surface area contributed by atoms with Gasteiger partial charge in [-0.2, -0.15) is 0 Å². The summed E-state index contributed by atoms with van der Waals surface area (Å²) in [5, 5.41) is 8.17. The topological polar surface area (TPSA) is 54.4 Å². The number of Topliss-reactive ketones (excluding diaryl/α,β-unsaturated/α-hetero) is 1. The Morgan fingerprint density at radius 1 is 1.40 bits per heavy atom. The minimum absolute atomic E-state index is 0.150. The van der Waals surface area contributed by atoms with Crippen molar-refractivity contribution in [2.45, 2.75) is 22.9 Å². The summed E-state index contributed by atoms with van der Waals surface area (Å²) in [6.07, 6.45) is 0.996. The molecule has 0 unspecified atom stereocenters. The molecule has 0 aromatic carbocycles. The van der Waals surface area contributed by atoms with Crippen LogP contribution in [-0.4, -0.2) is 44.8 Å². The van der Waals surface area contributed by atoms with E-state index in [0.717, 1.165) is 38.0 Å². The predicted molar refractivity (Wildman–Crippen MR) is 37.1 cm³/mol. The van der Waals surface area contributed by atoms with Crippen molar-refractivity contribution in [1.29, 1.82) is 0 Å². The Kier molecular flexibility index (Phi) is 5.97. The van der Waals surface area contributed by atoms with E-state index in [4.69, 9.17) is 5.11 Å². The maximum absolute atomic E-state index is 10.6. The number of carboxylic acids is 1. The zero-order valence-electron chi connectivity index (χ0n) is 6.09. The zero-order chi connectivity index (χ0) is 7.98. The Bertz CT molecular complexity index is 133. The Morgan fingerprint density at radius 3 is 2.40 bits per heavy atom. The van der Waals surface area contributed by atoms with E-state index in [0.29, 0.717) is 6.42 Å². The van der Waals surface area contributed by atoms with Gasteiger partial charge in [0.05, 0.1) is 0 Å². The SMILES string of the molecule is O=C(O)CC(=O)CC[CH2][Na]. The van der Waals surface area contributed by atoms with Gasteiger partial charge in [0.25, 0.3) is 0 Å². The Labute approximate surface area is 77.2 Å². The Morgan fingerprint density at radius 2 is 2.00 bits per heavy atom. The second kappa shape index (κ2) is 5.89. The molecule has 0 saturated carbocycles. The molecule has 0 fully saturated rings. The number of hydrogen-bond acceptors (Lipinski definition) is 2. The third-order valence-electron chi connectivity index (χ3n) is 1.16. The van der Waals surface area contributed by atoms with E-state index >= 15 is 0 Å². The first-order valence-electron chi connectivity index (χ1n) is 3.40. The van der Waals surface area contributed by atoms with Crippen LogP contribution in [0.3, 0.4) is 0 Å². The fourth-order valence-electron chi connectivity index (χ4n) is 0.631. The molecule has 4 heteroatoms. The average molecular weight is 152 g/mol.